The van der Waals surface area contributed by atoms with E-state index in [1.54, 1.807) is 6.07 Å². The minimum absolute atomic E-state index is 0.193. The number of carbonyl (C=O) groups is 1. The number of hydrogen-bond donors (Lipinski definition) is 2. The first-order chi connectivity index (χ1) is 12.2. The van der Waals surface area contributed by atoms with Gasteiger partial charge in [0, 0.05) is 51.0 Å². The quantitative estimate of drug-likeness (QED) is 0.818. The lowest BCUT2D eigenvalue weighted by Crippen LogP contribution is -2.48. The monoisotopic (exact) mass is 348 g/mol. The summed E-state index contributed by atoms with van der Waals surface area (Å²) in [6.07, 6.45) is 1.21. The summed E-state index contributed by atoms with van der Waals surface area (Å²) in [7, 11) is 0. The number of piperazine rings is 1. The van der Waals surface area contributed by atoms with Crippen molar-refractivity contribution in [2.45, 2.75) is 13.3 Å². The second kappa shape index (κ2) is 8.92. The van der Waals surface area contributed by atoms with Gasteiger partial charge in [0.25, 0.3) is 0 Å². The Morgan fingerprint density at radius 1 is 1.04 bits per heavy atom. The molecule has 2 amide bonds. The van der Waals surface area contributed by atoms with Crippen LogP contribution in [0.5, 0.6) is 11.5 Å². The van der Waals surface area contributed by atoms with Crippen LogP contribution in [-0.4, -0.2) is 74.9 Å². The molecule has 1 fully saturated rings. The van der Waals surface area contributed by atoms with Gasteiger partial charge in [-0.15, -0.1) is 0 Å². The Kier molecular flexibility index (Phi) is 6.36. The van der Waals surface area contributed by atoms with Gasteiger partial charge in [-0.25, -0.2) is 4.79 Å². The molecule has 25 heavy (non-hydrogen) atoms. The van der Waals surface area contributed by atoms with E-state index >= 15 is 0 Å². The summed E-state index contributed by atoms with van der Waals surface area (Å²) in [6, 6.07) is 5.24. The zero-order valence-corrected chi connectivity index (χ0v) is 14.9. The van der Waals surface area contributed by atoms with Gasteiger partial charge in [-0.1, -0.05) is 6.92 Å². The molecule has 1 saturated heterocycles. The van der Waals surface area contributed by atoms with E-state index in [1.807, 2.05) is 12.1 Å². The molecule has 0 bridgehead atoms. The topological polar surface area (TPSA) is 66.1 Å². The third kappa shape index (κ3) is 5.24. The van der Waals surface area contributed by atoms with Gasteiger partial charge >= 0.3 is 6.03 Å². The average molecular weight is 348 g/mol. The molecule has 0 unspecified atom stereocenters. The molecule has 2 aliphatic heterocycles. The number of amides is 2. The van der Waals surface area contributed by atoms with Crippen LogP contribution in [0, 0.1) is 0 Å². The van der Waals surface area contributed by atoms with Crippen LogP contribution in [0.15, 0.2) is 18.2 Å². The van der Waals surface area contributed by atoms with Crippen molar-refractivity contribution in [2.75, 3.05) is 64.3 Å². The molecule has 7 nitrogen and oxygen atoms in total. The van der Waals surface area contributed by atoms with Gasteiger partial charge in [0.15, 0.2) is 11.5 Å². The number of benzene rings is 1. The summed E-state index contributed by atoms with van der Waals surface area (Å²) >= 11 is 0. The number of ether oxygens (including phenoxy) is 2. The fraction of sp³-hybridized carbons (Fsp3) is 0.611. The Bertz CT molecular complexity index is 573. The molecular formula is C18H28N4O3. The van der Waals surface area contributed by atoms with E-state index in [-0.39, 0.29) is 6.03 Å². The van der Waals surface area contributed by atoms with E-state index in [0.29, 0.717) is 31.2 Å². The Hall–Kier alpha value is -1.99. The van der Waals surface area contributed by atoms with Gasteiger partial charge < -0.3 is 25.0 Å². The van der Waals surface area contributed by atoms with Crippen molar-refractivity contribution < 1.29 is 14.3 Å². The van der Waals surface area contributed by atoms with Crippen molar-refractivity contribution in [1.82, 2.24) is 15.1 Å². The van der Waals surface area contributed by atoms with Crippen molar-refractivity contribution >= 4 is 11.7 Å². The first kappa shape index (κ1) is 17.8. The zero-order chi connectivity index (χ0) is 17.5. The number of anilines is 1. The fourth-order valence-electron chi connectivity index (χ4n) is 3.18. The predicted octanol–water partition coefficient (Wildman–Crippen LogP) is 1.61. The number of fused-ring (bicyclic) bond motifs is 1. The van der Waals surface area contributed by atoms with Gasteiger partial charge in [0.05, 0.1) is 0 Å². The number of nitrogens with one attached hydrogen (secondary N) is 2. The highest BCUT2D eigenvalue weighted by molar-refractivity contribution is 5.89. The second-order valence-corrected chi connectivity index (χ2v) is 6.42. The maximum atomic E-state index is 12.0. The summed E-state index contributed by atoms with van der Waals surface area (Å²) in [5.41, 5.74) is 0.704. The summed E-state index contributed by atoms with van der Waals surface area (Å²) < 4.78 is 11.0. The predicted molar refractivity (Wildman–Crippen MR) is 97.6 cm³/mol. The number of carbonyl (C=O) groups excluding carboxylic acids is 1. The Morgan fingerprint density at radius 2 is 1.72 bits per heavy atom. The van der Waals surface area contributed by atoms with Crippen LogP contribution >= 0.6 is 0 Å². The SMILES string of the molecule is CCCN1CCN(CCNC(=O)Nc2ccc3c(c2)OCCO3)CC1. The first-order valence-electron chi connectivity index (χ1n) is 9.14. The molecule has 0 spiro atoms. The van der Waals surface area contributed by atoms with Gasteiger partial charge in [0.1, 0.15) is 13.2 Å². The molecule has 1 aromatic carbocycles. The maximum absolute atomic E-state index is 12.0. The Labute approximate surface area is 149 Å². The van der Waals surface area contributed by atoms with Crippen molar-refractivity contribution in [3.05, 3.63) is 18.2 Å². The highest BCUT2D eigenvalue weighted by Gasteiger charge is 2.16. The first-order valence-corrected chi connectivity index (χ1v) is 9.14. The molecule has 7 heteroatoms. The molecule has 0 atom stereocenters. The normalized spacial score (nSPS) is 18.0. The molecule has 2 N–H and O–H groups in total. The van der Waals surface area contributed by atoms with Crippen molar-refractivity contribution in [2.24, 2.45) is 0 Å². The summed E-state index contributed by atoms with van der Waals surface area (Å²) in [6.45, 7) is 10.4. The lowest BCUT2D eigenvalue weighted by Gasteiger charge is -2.34. The Balaban J connectivity index is 1.36. The largest absolute Gasteiger partial charge is 0.486 e. The van der Waals surface area contributed by atoms with Crippen LogP contribution in [0.3, 0.4) is 0 Å². The molecule has 138 valence electrons. The van der Waals surface area contributed by atoms with Crippen LogP contribution in [-0.2, 0) is 0 Å². The summed E-state index contributed by atoms with van der Waals surface area (Å²) in [4.78, 5) is 16.9. The molecule has 1 aromatic rings. The Morgan fingerprint density at radius 3 is 2.44 bits per heavy atom. The number of nitrogens with zero attached hydrogens (tertiary/aromatic N) is 2. The highest BCUT2D eigenvalue weighted by Crippen LogP contribution is 2.32. The molecule has 0 aromatic heterocycles. The summed E-state index contributed by atoms with van der Waals surface area (Å²) in [5.74, 6) is 1.40. The molecule has 2 aliphatic rings. The van der Waals surface area contributed by atoms with Crippen molar-refractivity contribution in [3.63, 3.8) is 0 Å². The second-order valence-electron chi connectivity index (χ2n) is 6.42. The van der Waals surface area contributed by atoms with Gasteiger partial charge in [-0.3, -0.25) is 4.90 Å². The van der Waals surface area contributed by atoms with Crippen molar-refractivity contribution in [3.8, 4) is 11.5 Å². The molecule has 0 aliphatic carbocycles. The highest BCUT2D eigenvalue weighted by atomic mass is 16.6. The molecule has 3 rings (SSSR count). The molecule has 0 saturated carbocycles. The third-order valence-electron chi connectivity index (χ3n) is 4.52. The minimum atomic E-state index is -0.193. The number of hydrogen-bond acceptors (Lipinski definition) is 5. The lowest BCUT2D eigenvalue weighted by molar-refractivity contribution is 0.133. The fourth-order valence-corrected chi connectivity index (χ4v) is 3.18. The van der Waals surface area contributed by atoms with E-state index in [1.165, 1.54) is 13.0 Å². The average Bonchev–Trinajstić information content (AvgIpc) is 2.63. The van der Waals surface area contributed by atoms with Crippen LogP contribution in [0.2, 0.25) is 0 Å². The van der Waals surface area contributed by atoms with Crippen LogP contribution in [0.25, 0.3) is 0 Å². The van der Waals surface area contributed by atoms with Gasteiger partial charge in [-0.05, 0) is 25.1 Å². The molecular weight excluding hydrogens is 320 g/mol. The van der Waals surface area contributed by atoms with E-state index in [2.05, 4.69) is 27.4 Å². The summed E-state index contributed by atoms with van der Waals surface area (Å²) in [5, 5.41) is 5.76. The molecule has 0 radical (unpaired) electrons. The van der Waals surface area contributed by atoms with Crippen LogP contribution in [0.4, 0.5) is 10.5 Å². The number of urea groups is 1. The van der Waals surface area contributed by atoms with E-state index < -0.39 is 0 Å². The van der Waals surface area contributed by atoms with Crippen LogP contribution < -0.4 is 20.1 Å². The number of rotatable bonds is 6. The lowest BCUT2D eigenvalue weighted by atomic mass is 10.2. The van der Waals surface area contributed by atoms with Gasteiger partial charge in [0.2, 0.25) is 0 Å². The standard InChI is InChI=1S/C18H28N4O3/c1-2-6-21-8-10-22(11-9-21)7-5-19-18(23)20-15-3-4-16-17(14-15)25-13-12-24-16/h3-4,14H,2,5-13H2,1H3,(H2,19,20,23). The third-order valence-corrected chi connectivity index (χ3v) is 4.52. The van der Waals surface area contributed by atoms with E-state index in [9.17, 15) is 4.79 Å². The smallest absolute Gasteiger partial charge is 0.319 e. The molecule has 2 heterocycles. The van der Waals surface area contributed by atoms with E-state index in [0.717, 1.165) is 38.5 Å². The maximum Gasteiger partial charge on any atom is 0.319 e. The van der Waals surface area contributed by atoms with E-state index in [4.69, 9.17) is 9.47 Å². The van der Waals surface area contributed by atoms with Crippen molar-refractivity contribution in [1.29, 1.82) is 0 Å². The van der Waals surface area contributed by atoms with Crippen LogP contribution in [0.1, 0.15) is 13.3 Å². The van der Waals surface area contributed by atoms with Gasteiger partial charge in [-0.2, -0.15) is 0 Å². The minimum Gasteiger partial charge on any atom is -0.486 e. The zero-order valence-electron chi connectivity index (χ0n) is 14.9.